The summed E-state index contributed by atoms with van der Waals surface area (Å²) in [7, 11) is 0. The molecule has 3 heteroatoms. The van der Waals surface area contributed by atoms with Crippen molar-refractivity contribution in [2.75, 3.05) is 0 Å². The monoisotopic (exact) mass is 710 g/mol. The number of rotatable bonds is 3. The van der Waals surface area contributed by atoms with E-state index < -0.39 is 0 Å². The van der Waals surface area contributed by atoms with Crippen molar-refractivity contribution in [2.45, 2.75) is 57.8 Å². The van der Waals surface area contributed by atoms with Gasteiger partial charge in [-0.3, -0.25) is 0 Å². The molecule has 4 aliphatic rings. The quantitative estimate of drug-likeness (QED) is 0.179. The zero-order valence-electron chi connectivity index (χ0n) is 31.6. The van der Waals surface area contributed by atoms with E-state index in [-0.39, 0.29) is 11.3 Å². The number of furan rings is 1. The van der Waals surface area contributed by atoms with Crippen LogP contribution in [0.5, 0.6) is 0 Å². The van der Waals surface area contributed by atoms with Crippen LogP contribution in [-0.4, -0.2) is 9.13 Å². The average molecular weight is 711 g/mol. The van der Waals surface area contributed by atoms with E-state index in [0.29, 0.717) is 5.92 Å². The van der Waals surface area contributed by atoms with Crippen LogP contribution in [0.25, 0.3) is 84.4 Å². The molecule has 3 heterocycles. The second-order valence-corrected chi connectivity index (χ2v) is 16.8. The normalized spacial score (nSPS) is 19.3. The molecule has 0 spiro atoms. The van der Waals surface area contributed by atoms with Gasteiger partial charge in [-0.2, -0.15) is 0 Å². The lowest BCUT2D eigenvalue weighted by atomic mass is 9.80. The highest BCUT2D eigenvalue weighted by atomic mass is 16.3. The van der Waals surface area contributed by atoms with Crippen molar-refractivity contribution in [1.82, 2.24) is 9.13 Å². The maximum absolute atomic E-state index is 6.65. The summed E-state index contributed by atoms with van der Waals surface area (Å²) in [6.07, 6.45) is 20.7. The first-order valence-electron chi connectivity index (χ1n) is 20.1. The smallest absolute Gasteiger partial charge is 0.137 e. The Bertz CT molecular complexity index is 3200. The molecule has 0 N–H and O–H groups in total. The van der Waals surface area contributed by atoms with Gasteiger partial charge in [-0.15, -0.1) is 0 Å². The Morgan fingerprint density at radius 2 is 1.58 bits per heavy atom. The van der Waals surface area contributed by atoms with Crippen LogP contribution in [0.4, 0.5) is 0 Å². The molecule has 4 aliphatic carbocycles. The van der Waals surface area contributed by atoms with Gasteiger partial charge in [0.1, 0.15) is 11.0 Å². The fourth-order valence-corrected chi connectivity index (χ4v) is 10.6. The Balaban J connectivity index is 1.09. The molecular weight excluding hydrogens is 669 g/mol. The van der Waals surface area contributed by atoms with Crippen molar-refractivity contribution in [3.05, 3.63) is 160 Å². The Morgan fingerprint density at radius 3 is 2.49 bits per heavy atom. The van der Waals surface area contributed by atoms with E-state index in [2.05, 4.69) is 169 Å². The lowest BCUT2D eigenvalue weighted by Gasteiger charge is -2.23. The van der Waals surface area contributed by atoms with Gasteiger partial charge in [0.05, 0.1) is 27.6 Å². The van der Waals surface area contributed by atoms with E-state index in [4.69, 9.17) is 4.42 Å². The number of benzene rings is 5. The van der Waals surface area contributed by atoms with E-state index in [1.807, 2.05) is 0 Å². The molecule has 8 aromatic rings. The van der Waals surface area contributed by atoms with Crippen molar-refractivity contribution in [3.8, 4) is 16.8 Å². The second kappa shape index (κ2) is 11.2. The second-order valence-electron chi connectivity index (χ2n) is 16.8. The number of para-hydroxylation sites is 1. The summed E-state index contributed by atoms with van der Waals surface area (Å²) in [6, 6.07) is 36.5. The molecule has 0 radical (unpaired) electrons. The molecule has 0 aliphatic heterocycles. The van der Waals surface area contributed by atoms with Crippen LogP contribution in [0.2, 0.25) is 0 Å². The molecular formula is C52H42N2O. The Kier molecular flexibility index (Phi) is 6.40. The maximum Gasteiger partial charge on any atom is 0.137 e. The molecule has 0 amide bonds. The van der Waals surface area contributed by atoms with Crippen LogP contribution in [0.1, 0.15) is 73.9 Å². The molecule has 3 nitrogen and oxygen atoms in total. The Morgan fingerprint density at radius 1 is 0.727 bits per heavy atom. The minimum absolute atomic E-state index is 0.116. The van der Waals surface area contributed by atoms with Crippen LogP contribution in [0.15, 0.2) is 126 Å². The van der Waals surface area contributed by atoms with Crippen LogP contribution in [-0.2, 0) is 11.8 Å². The van der Waals surface area contributed by atoms with Crippen molar-refractivity contribution in [1.29, 1.82) is 0 Å². The summed E-state index contributed by atoms with van der Waals surface area (Å²) in [5.41, 5.74) is 17.8. The van der Waals surface area contributed by atoms with Crippen LogP contribution in [0, 0.1) is 5.92 Å². The lowest BCUT2D eigenvalue weighted by molar-refractivity contribution is 0.570. The predicted molar refractivity (Wildman–Crippen MR) is 230 cm³/mol. The number of hydrogen-bond acceptors (Lipinski definition) is 1. The zero-order chi connectivity index (χ0) is 36.6. The summed E-state index contributed by atoms with van der Waals surface area (Å²) >= 11 is 0. The number of nitrogens with zero attached hydrogens (tertiary/aromatic N) is 2. The molecule has 266 valence electrons. The van der Waals surface area contributed by atoms with Gasteiger partial charge in [0.15, 0.2) is 0 Å². The van der Waals surface area contributed by atoms with Gasteiger partial charge in [0.25, 0.3) is 0 Å². The Hall–Kier alpha value is -6.06. The van der Waals surface area contributed by atoms with Gasteiger partial charge >= 0.3 is 0 Å². The zero-order valence-corrected chi connectivity index (χ0v) is 31.6. The summed E-state index contributed by atoms with van der Waals surface area (Å²) in [5, 5.41) is 6.46. The number of fused-ring (bicyclic) bond motifs is 13. The number of hydrogen-bond donors (Lipinski definition) is 0. The van der Waals surface area contributed by atoms with Gasteiger partial charge in [-0.1, -0.05) is 112 Å². The van der Waals surface area contributed by atoms with Gasteiger partial charge in [0, 0.05) is 49.7 Å². The molecule has 0 saturated heterocycles. The molecule has 3 aromatic heterocycles. The largest absolute Gasteiger partial charge is 0.456 e. The van der Waals surface area contributed by atoms with E-state index in [1.54, 1.807) is 0 Å². The van der Waals surface area contributed by atoms with Gasteiger partial charge in [-0.05, 0) is 108 Å². The molecule has 2 atom stereocenters. The third-order valence-corrected chi connectivity index (χ3v) is 13.2. The number of aromatic nitrogens is 2. The van der Waals surface area contributed by atoms with Gasteiger partial charge in [-0.25, -0.2) is 0 Å². The minimum Gasteiger partial charge on any atom is -0.456 e. The molecule has 12 rings (SSSR count). The van der Waals surface area contributed by atoms with Crippen molar-refractivity contribution in [3.63, 3.8) is 0 Å². The summed E-state index contributed by atoms with van der Waals surface area (Å²) in [4.78, 5) is 0. The third kappa shape index (κ3) is 4.27. The SMILES string of the molecule is CC1C=CC(n2c3ccc(C4C=c5c(oc6cccc(-n7c8c(c9ccccc97)C=CCC8)c56)=CC4)cc3c3c4c(ccc32)-c2ccccc2C4(C)C)=CC1. The lowest BCUT2D eigenvalue weighted by Crippen LogP contribution is -2.25. The molecule has 0 fully saturated rings. The molecule has 0 saturated carbocycles. The number of allylic oxidation sites excluding steroid dienone is 5. The van der Waals surface area contributed by atoms with Crippen LogP contribution in [0.3, 0.4) is 0 Å². The van der Waals surface area contributed by atoms with Crippen LogP contribution < -0.4 is 10.6 Å². The molecule has 2 unspecified atom stereocenters. The van der Waals surface area contributed by atoms with Crippen molar-refractivity contribution >= 4 is 67.6 Å². The van der Waals surface area contributed by atoms with E-state index in [9.17, 15) is 0 Å². The van der Waals surface area contributed by atoms with Gasteiger partial charge < -0.3 is 13.6 Å². The summed E-state index contributed by atoms with van der Waals surface area (Å²) in [5.74, 6) is 0.779. The topological polar surface area (TPSA) is 23.0 Å². The first-order valence-corrected chi connectivity index (χ1v) is 20.1. The highest BCUT2D eigenvalue weighted by molar-refractivity contribution is 6.15. The fraction of sp³-hybridized carbons (Fsp3) is 0.192. The van der Waals surface area contributed by atoms with Crippen molar-refractivity contribution in [2.24, 2.45) is 5.92 Å². The maximum atomic E-state index is 6.65. The molecule has 5 aromatic carbocycles. The molecule has 0 bridgehead atoms. The predicted octanol–water partition coefficient (Wildman–Crippen LogP) is 11.9. The standard InChI is InChI=1S/C52H42N2O/c1-31-19-23-34(24-20-31)53-44-26-21-32(29-39(44)50-46(53)27-25-38-35-11-4-7-14-41(35)52(2,3)51(38)50)33-22-28-47-40(30-33)49-45(17-10-18-48(49)55-47)54-42-15-8-5-12-36(42)37-13-6-9-16-43(37)54/h4-8,10-15,17-19,21,23-31,33H,9,16,20,22H2,1-3H3. The average Bonchev–Trinajstić information content (AvgIpc) is 3.93. The third-order valence-electron chi connectivity index (χ3n) is 13.2. The Labute approximate surface area is 320 Å². The van der Waals surface area contributed by atoms with Gasteiger partial charge in [0.2, 0.25) is 0 Å². The highest BCUT2D eigenvalue weighted by Gasteiger charge is 2.38. The van der Waals surface area contributed by atoms with Crippen LogP contribution >= 0.6 is 0 Å². The first kappa shape index (κ1) is 31.3. The minimum atomic E-state index is -0.116. The van der Waals surface area contributed by atoms with E-state index in [1.165, 1.54) is 93.8 Å². The van der Waals surface area contributed by atoms with E-state index in [0.717, 1.165) is 36.7 Å². The summed E-state index contributed by atoms with van der Waals surface area (Å²) in [6.45, 7) is 7.13. The first-order chi connectivity index (χ1) is 27.0. The molecule has 55 heavy (non-hydrogen) atoms. The summed E-state index contributed by atoms with van der Waals surface area (Å²) < 4.78 is 11.7. The highest BCUT2D eigenvalue weighted by Crippen LogP contribution is 2.53. The van der Waals surface area contributed by atoms with E-state index >= 15 is 0 Å². The van der Waals surface area contributed by atoms with Crippen molar-refractivity contribution < 1.29 is 4.42 Å². The fourth-order valence-electron chi connectivity index (χ4n) is 10.6.